The predicted molar refractivity (Wildman–Crippen MR) is 79.3 cm³/mol. The number of hydrogen-bond acceptors (Lipinski definition) is 3. The first-order chi connectivity index (χ1) is 9.81. The van der Waals surface area contributed by atoms with E-state index >= 15 is 0 Å². The molecule has 108 valence electrons. The normalized spacial score (nSPS) is 22.5. The molecule has 1 saturated heterocycles. The van der Waals surface area contributed by atoms with Crippen molar-refractivity contribution in [3.05, 3.63) is 29.8 Å². The molecule has 0 amide bonds. The van der Waals surface area contributed by atoms with Crippen LogP contribution in [0.25, 0.3) is 0 Å². The zero-order chi connectivity index (χ0) is 13.8. The summed E-state index contributed by atoms with van der Waals surface area (Å²) in [6.07, 6.45) is 8.01. The molecule has 1 saturated carbocycles. The Kier molecular flexibility index (Phi) is 4.36. The van der Waals surface area contributed by atoms with E-state index < -0.39 is 0 Å². The van der Waals surface area contributed by atoms with Crippen LogP contribution in [0, 0.1) is 0 Å². The van der Waals surface area contributed by atoms with E-state index in [4.69, 9.17) is 4.74 Å². The summed E-state index contributed by atoms with van der Waals surface area (Å²) in [5, 5.41) is 3.49. The van der Waals surface area contributed by atoms with Crippen molar-refractivity contribution in [3.8, 4) is 5.75 Å². The molecule has 2 aliphatic rings. The number of hydrogen-bond donors (Lipinski definition) is 1. The molecular formula is C17H23NO2. The van der Waals surface area contributed by atoms with Gasteiger partial charge in [-0.25, -0.2) is 0 Å². The van der Waals surface area contributed by atoms with Gasteiger partial charge in [-0.15, -0.1) is 0 Å². The van der Waals surface area contributed by atoms with Crippen molar-refractivity contribution in [2.24, 2.45) is 0 Å². The summed E-state index contributed by atoms with van der Waals surface area (Å²) in [6.45, 7) is 1.10. The minimum atomic E-state index is 0.235. The average Bonchev–Trinajstić information content (AvgIpc) is 3.30. The van der Waals surface area contributed by atoms with Gasteiger partial charge in [0.05, 0.1) is 6.10 Å². The molecule has 1 heterocycles. The summed E-state index contributed by atoms with van der Waals surface area (Å²) in [5.74, 6) is 1.08. The fourth-order valence-corrected chi connectivity index (χ4v) is 2.74. The third kappa shape index (κ3) is 3.83. The number of Topliss-reactive ketones (excluding diaryl/α,β-unsaturated/α-hetero) is 1. The Morgan fingerprint density at radius 2 is 2.15 bits per heavy atom. The molecule has 1 atom stereocenters. The Bertz CT molecular complexity index is 462. The van der Waals surface area contributed by atoms with Gasteiger partial charge < -0.3 is 10.1 Å². The molecule has 0 bridgehead atoms. The first-order valence-electron chi connectivity index (χ1n) is 7.84. The monoisotopic (exact) mass is 273 g/mol. The first kappa shape index (κ1) is 13.6. The molecule has 0 spiro atoms. The fourth-order valence-electron chi connectivity index (χ4n) is 2.74. The second kappa shape index (κ2) is 6.40. The smallest absolute Gasteiger partial charge is 0.163 e. The third-order valence-corrected chi connectivity index (χ3v) is 4.12. The molecule has 1 unspecified atom stereocenters. The van der Waals surface area contributed by atoms with Crippen molar-refractivity contribution in [2.45, 2.75) is 57.1 Å². The van der Waals surface area contributed by atoms with Crippen molar-refractivity contribution < 1.29 is 9.53 Å². The van der Waals surface area contributed by atoms with Gasteiger partial charge in [0.2, 0.25) is 0 Å². The molecule has 1 aromatic rings. The van der Waals surface area contributed by atoms with Gasteiger partial charge in [0.1, 0.15) is 5.75 Å². The van der Waals surface area contributed by atoms with Crippen LogP contribution < -0.4 is 10.1 Å². The van der Waals surface area contributed by atoms with Crippen molar-refractivity contribution >= 4 is 5.78 Å². The molecule has 0 radical (unpaired) electrons. The largest absolute Gasteiger partial charge is 0.490 e. The fraction of sp³-hybridized carbons (Fsp3) is 0.588. The van der Waals surface area contributed by atoms with E-state index in [0.29, 0.717) is 18.6 Å². The lowest BCUT2D eigenvalue weighted by Crippen LogP contribution is -2.34. The number of nitrogens with one attached hydrogen (secondary N) is 1. The van der Waals surface area contributed by atoms with Crippen molar-refractivity contribution in [1.82, 2.24) is 5.32 Å². The molecule has 3 heteroatoms. The summed E-state index contributed by atoms with van der Waals surface area (Å²) in [6, 6.07) is 8.19. The molecule has 1 aliphatic carbocycles. The molecule has 3 nitrogen and oxygen atoms in total. The average molecular weight is 273 g/mol. The number of piperidine rings is 1. The molecule has 0 aromatic heterocycles. The zero-order valence-electron chi connectivity index (χ0n) is 11.9. The van der Waals surface area contributed by atoms with Gasteiger partial charge in [0.15, 0.2) is 5.78 Å². The van der Waals surface area contributed by atoms with Crippen LogP contribution in [-0.4, -0.2) is 24.5 Å². The summed E-state index contributed by atoms with van der Waals surface area (Å²) >= 11 is 0. The Balaban J connectivity index is 1.52. The topological polar surface area (TPSA) is 38.3 Å². The number of carbonyl (C=O) groups excluding carboxylic acids is 1. The minimum absolute atomic E-state index is 0.235. The van der Waals surface area contributed by atoms with Gasteiger partial charge >= 0.3 is 0 Å². The number of benzene rings is 1. The molecule has 2 fully saturated rings. The minimum Gasteiger partial charge on any atom is -0.490 e. The Morgan fingerprint density at radius 3 is 2.90 bits per heavy atom. The summed E-state index contributed by atoms with van der Waals surface area (Å²) in [4.78, 5) is 12.3. The molecule has 1 aromatic carbocycles. The highest BCUT2D eigenvalue weighted by molar-refractivity contribution is 5.96. The SMILES string of the molecule is O=C(CCC1CCCCN1)c1cccc(OC2CC2)c1. The van der Waals surface area contributed by atoms with Gasteiger partial charge in [-0.3, -0.25) is 4.79 Å². The molecule has 1 N–H and O–H groups in total. The van der Waals surface area contributed by atoms with Crippen LogP contribution in [0.3, 0.4) is 0 Å². The maximum atomic E-state index is 12.3. The van der Waals surface area contributed by atoms with Crippen LogP contribution in [0.4, 0.5) is 0 Å². The van der Waals surface area contributed by atoms with E-state index in [9.17, 15) is 4.79 Å². The number of carbonyl (C=O) groups is 1. The highest BCUT2D eigenvalue weighted by Crippen LogP contribution is 2.27. The number of ketones is 1. The van der Waals surface area contributed by atoms with Crippen molar-refractivity contribution in [2.75, 3.05) is 6.54 Å². The predicted octanol–water partition coefficient (Wildman–Crippen LogP) is 3.33. The van der Waals surface area contributed by atoms with Gasteiger partial charge in [0.25, 0.3) is 0 Å². The summed E-state index contributed by atoms with van der Waals surface area (Å²) < 4.78 is 5.75. The quantitative estimate of drug-likeness (QED) is 0.808. The van der Waals surface area contributed by atoms with Gasteiger partial charge in [-0.1, -0.05) is 18.6 Å². The van der Waals surface area contributed by atoms with Crippen LogP contribution in [0.5, 0.6) is 5.75 Å². The van der Waals surface area contributed by atoms with E-state index in [-0.39, 0.29) is 5.78 Å². The van der Waals surface area contributed by atoms with E-state index in [1.54, 1.807) is 0 Å². The highest BCUT2D eigenvalue weighted by Gasteiger charge is 2.23. The Hall–Kier alpha value is -1.35. The van der Waals surface area contributed by atoms with E-state index in [1.807, 2.05) is 24.3 Å². The maximum Gasteiger partial charge on any atom is 0.163 e. The first-order valence-corrected chi connectivity index (χ1v) is 7.84. The number of ether oxygens (including phenoxy) is 1. The van der Waals surface area contributed by atoms with Crippen LogP contribution >= 0.6 is 0 Å². The lowest BCUT2D eigenvalue weighted by atomic mass is 9.97. The van der Waals surface area contributed by atoms with Crippen LogP contribution in [0.15, 0.2) is 24.3 Å². The van der Waals surface area contributed by atoms with E-state index in [1.165, 1.54) is 19.3 Å². The summed E-state index contributed by atoms with van der Waals surface area (Å²) in [7, 11) is 0. The van der Waals surface area contributed by atoms with Gasteiger partial charge in [0, 0.05) is 18.0 Å². The molecule has 3 rings (SSSR count). The second-order valence-electron chi connectivity index (χ2n) is 5.95. The highest BCUT2D eigenvalue weighted by atomic mass is 16.5. The lowest BCUT2D eigenvalue weighted by molar-refractivity contribution is 0.0973. The molecule has 20 heavy (non-hydrogen) atoms. The Labute approximate surface area is 120 Å². The number of rotatable bonds is 6. The molecular weight excluding hydrogens is 250 g/mol. The van der Waals surface area contributed by atoms with Crippen LogP contribution in [-0.2, 0) is 0 Å². The van der Waals surface area contributed by atoms with E-state index in [2.05, 4.69) is 5.32 Å². The Morgan fingerprint density at radius 1 is 1.25 bits per heavy atom. The standard InChI is InChI=1S/C17H23NO2/c19-17(10-7-14-5-1-2-11-18-14)13-4-3-6-16(12-13)20-15-8-9-15/h3-4,6,12,14-15,18H,1-2,5,7-11H2. The zero-order valence-corrected chi connectivity index (χ0v) is 11.9. The maximum absolute atomic E-state index is 12.3. The van der Waals surface area contributed by atoms with Crippen LogP contribution in [0.1, 0.15) is 55.3 Å². The molecule has 1 aliphatic heterocycles. The second-order valence-corrected chi connectivity index (χ2v) is 5.95. The van der Waals surface area contributed by atoms with Crippen LogP contribution in [0.2, 0.25) is 0 Å². The third-order valence-electron chi connectivity index (χ3n) is 4.12. The van der Waals surface area contributed by atoms with Crippen molar-refractivity contribution in [1.29, 1.82) is 0 Å². The van der Waals surface area contributed by atoms with Crippen molar-refractivity contribution in [3.63, 3.8) is 0 Å². The summed E-state index contributed by atoms with van der Waals surface area (Å²) in [5.41, 5.74) is 0.791. The van der Waals surface area contributed by atoms with Gasteiger partial charge in [-0.05, 0) is 50.8 Å². The van der Waals surface area contributed by atoms with E-state index in [0.717, 1.165) is 37.1 Å². The van der Waals surface area contributed by atoms with Gasteiger partial charge in [-0.2, -0.15) is 0 Å². The lowest BCUT2D eigenvalue weighted by Gasteiger charge is -2.23.